The van der Waals surface area contributed by atoms with Crippen LogP contribution in [0, 0.1) is 12.8 Å². The maximum Gasteiger partial charge on any atom is 0.246 e. The van der Waals surface area contributed by atoms with Crippen molar-refractivity contribution in [2.24, 2.45) is 11.8 Å². The van der Waals surface area contributed by atoms with Crippen molar-refractivity contribution in [2.45, 2.75) is 24.7 Å². The first-order valence-electron chi connectivity index (χ1n) is 7.05. The third-order valence-electron chi connectivity index (χ3n) is 3.83. The molecule has 0 aromatic heterocycles. The van der Waals surface area contributed by atoms with E-state index in [9.17, 15) is 13.2 Å². The van der Waals surface area contributed by atoms with Gasteiger partial charge in [0.1, 0.15) is 10.6 Å². The van der Waals surface area contributed by atoms with E-state index in [1.165, 1.54) is 11.4 Å². The van der Waals surface area contributed by atoms with Crippen LogP contribution in [0.1, 0.15) is 18.4 Å². The Morgan fingerprint density at radius 3 is 2.82 bits per heavy atom. The summed E-state index contributed by atoms with van der Waals surface area (Å²) >= 11 is 0. The largest absolute Gasteiger partial charge is 0.495 e. The number of carbonyl (C=O) groups is 1. The lowest BCUT2D eigenvalue weighted by Gasteiger charge is -2.31. The monoisotopic (exact) mass is 327 g/mol. The van der Waals surface area contributed by atoms with E-state index in [1.807, 2.05) is 6.92 Å². The molecule has 1 aromatic carbocycles. The second-order valence-electron chi connectivity index (χ2n) is 5.37. The van der Waals surface area contributed by atoms with E-state index in [0.29, 0.717) is 25.1 Å². The number of rotatable bonds is 4. The molecule has 1 aliphatic rings. The molecule has 8 heteroatoms. The molecule has 0 aliphatic carbocycles. The molecule has 2 rings (SSSR count). The van der Waals surface area contributed by atoms with Crippen LogP contribution in [0.4, 0.5) is 0 Å². The lowest BCUT2D eigenvalue weighted by molar-refractivity contribution is -0.126. The third-order valence-corrected chi connectivity index (χ3v) is 5.72. The maximum absolute atomic E-state index is 12.9. The molecule has 1 atom stereocenters. The van der Waals surface area contributed by atoms with Gasteiger partial charge in [-0.05, 0) is 37.5 Å². The number of hydrogen-bond acceptors (Lipinski definition) is 5. The highest BCUT2D eigenvalue weighted by Crippen LogP contribution is 2.30. The Hall–Kier alpha value is -1.64. The van der Waals surface area contributed by atoms with Crippen LogP contribution in [0.25, 0.3) is 0 Å². The van der Waals surface area contributed by atoms with Gasteiger partial charge in [0.05, 0.1) is 13.0 Å². The molecule has 0 bridgehead atoms. The van der Waals surface area contributed by atoms with E-state index in [-0.39, 0.29) is 17.3 Å². The molecule has 7 nitrogen and oxygen atoms in total. The van der Waals surface area contributed by atoms with Gasteiger partial charge in [0.25, 0.3) is 0 Å². The molecular formula is C14H21N3O4S. The van der Waals surface area contributed by atoms with E-state index >= 15 is 0 Å². The Morgan fingerprint density at radius 1 is 1.45 bits per heavy atom. The summed E-state index contributed by atoms with van der Waals surface area (Å²) in [7, 11) is -2.28. The number of aryl methyl sites for hydroxylation is 1. The number of nitrogens with one attached hydrogen (secondary N) is 1. The molecule has 1 amide bonds. The Labute approximate surface area is 130 Å². The summed E-state index contributed by atoms with van der Waals surface area (Å²) in [6, 6.07) is 5.01. The first-order chi connectivity index (χ1) is 10.4. The summed E-state index contributed by atoms with van der Waals surface area (Å²) in [5.74, 6) is 4.68. The van der Waals surface area contributed by atoms with Crippen molar-refractivity contribution < 1.29 is 17.9 Å². The minimum Gasteiger partial charge on any atom is -0.495 e. The van der Waals surface area contributed by atoms with Crippen LogP contribution in [-0.2, 0) is 14.8 Å². The number of sulfonamides is 1. The van der Waals surface area contributed by atoms with Crippen molar-refractivity contribution >= 4 is 15.9 Å². The van der Waals surface area contributed by atoms with Gasteiger partial charge in [0.15, 0.2) is 0 Å². The maximum atomic E-state index is 12.9. The SMILES string of the molecule is COc1ccc(C)cc1S(=O)(=O)N1CCC[C@@H](C(=O)NN)C1. The van der Waals surface area contributed by atoms with Crippen molar-refractivity contribution in [1.82, 2.24) is 9.73 Å². The lowest BCUT2D eigenvalue weighted by atomic mass is 9.99. The van der Waals surface area contributed by atoms with Crippen molar-refractivity contribution in [3.05, 3.63) is 23.8 Å². The third kappa shape index (κ3) is 3.23. The average molecular weight is 327 g/mol. The fourth-order valence-corrected chi connectivity index (χ4v) is 4.38. The normalized spacial score (nSPS) is 19.7. The highest BCUT2D eigenvalue weighted by molar-refractivity contribution is 7.89. The summed E-state index contributed by atoms with van der Waals surface area (Å²) in [6.07, 6.45) is 1.24. The number of carbonyl (C=O) groups excluding carboxylic acids is 1. The standard InChI is InChI=1S/C14H21N3O4S/c1-10-5-6-12(21-2)13(8-10)22(19,20)17-7-3-4-11(9-17)14(18)16-15/h5-6,8,11H,3-4,7,9,15H2,1-2H3,(H,16,18)/t11-/m1/s1. The van der Waals surface area contributed by atoms with E-state index in [4.69, 9.17) is 10.6 Å². The fraction of sp³-hybridized carbons (Fsp3) is 0.500. The topological polar surface area (TPSA) is 102 Å². The van der Waals surface area contributed by atoms with Crippen molar-refractivity contribution in [3.8, 4) is 5.75 Å². The Kier molecular flexibility index (Phi) is 5.05. The van der Waals surface area contributed by atoms with Crippen molar-refractivity contribution in [3.63, 3.8) is 0 Å². The van der Waals surface area contributed by atoms with Crippen LogP contribution in [0.5, 0.6) is 5.75 Å². The molecular weight excluding hydrogens is 306 g/mol. The van der Waals surface area contributed by atoms with Gasteiger partial charge in [-0.15, -0.1) is 0 Å². The van der Waals surface area contributed by atoms with Crippen LogP contribution >= 0.6 is 0 Å². The van der Waals surface area contributed by atoms with Gasteiger partial charge in [-0.2, -0.15) is 4.31 Å². The first-order valence-corrected chi connectivity index (χ1v) is 8.49. The highest BCUT2D eigenvalue weighted by Gasteiger charge is 2.34. The van der Waals surface area contributed by atoms with E-state index in [0.717, 1.165) is 5.56 Å². The van der Waals surface area contributed by atoms with Crippen LogP contribution < -0.4 is 16.0 Å². The molecule has 1 aliphatic heterocycles. The fourth-order valence-electron chi connectivity index (χ4n) is 2.62. The number of benzene rings is 1. The summed E-state index contributed by atoms with van der Waals surface area (Å²) in [4.78, 5) is 11.8. The number of piperidine rings is 1. The van der Waals surface area contributed by atoms with Crippen LogP contribution in [0.2, 0.25) is 0 Å². The molecule has 0 unspecified atom stereocenters. The zero-order chi connectivity index (χ0) is 16.3. The summed E-state index contributed by atoms with van der Waals surface area (Å²) in [6.45, 7) is 2.33. The van der Waals surface area contributed by atoms with Gasteiger partial charge in [-0.25, -0.2) is 14.3 Å². The van der Waals surface area contributed by atoms with Crippen LogP contribution in [0.15, 0.2) is 23.1 Å². The molecule has 3 N–H and O–H groups in total. The minimum atomic E-state index is -3.71. The molecule has 1 saturated heterocycles. The quantitative estimate of drug-likeness (QED) is 0.473. The number of nitrogens with two attached hydrogens (primary N) is 1. The van der Waals surface area contributed by atoms with Gasteiger partial charge in [0, 0.05) is 13.1 Å². The molecule has 1 aromatic rings. The van der Waals surface area contributed by atoms with E-state index in [1.54, 1.807) is 18.2 Å². The Balaban J connectivity index is 2.34. The van der Waals surface area contributed by atoms with Gasteiger partial charge < -0.3 is 4.74 Å². The molecule has 0 spiro atoms. The molecule has 0 saturated carbocycles. The van der Waals surface area contributed by atoms with Crippen molar-refractivity contribution in [1.29, 1.82) is 0 Å². The van der Waals surface area contributed by atoms with Gasteiger partial charge in [-0.3, -0.25) is 10.2 Å². The molecule has 1 fully saturated rings. The number of hydrogen-bond donors (Lipinski definition) is 2. The van der Waals surface area contributed by atoms with Gasteiger partial charge >= 0.3 is 0 Å². The van der Waals surface area contributed by atoms with E-state index < -0.39 is 15.9 Å². The van der Waals surface area contributed by atoms with Gasteiger partial charge in [0.2, 0.25) is 15.9 Å². The minimum absolute atomic E-state index is 0.127. The molecule has 122 valence electrons. The molecule has 1 heterocycles. The molecule has 0 radical (unpaired) electrons. The Bertz CT molecular complexity index is 660. The summed E-state index contributed by atoms with van der Waals surface area (Å²) in [5, 5.41) is 0. The number of methoxy groups -OCH3 is 1. The molecule has 22 heavy (non-hydrogen) atoms. The summed E-state index contributed by atoms with van der Waals surface area (Å²) < 4.78 is 32.2. The van der Waals surface area contributed by atoms with Gasteiger partial charge in [-0.1, -0.05) is 6.07 Å². The predicted molar refractivity (Wildman–Crippen MR) is 81.5 cm³/mol. The highest BCUT2D eigenvalue weighted by atomic mass is 32.2. The smallest absolute Gasteiger partial charge is 0.246 e. The number of amides is 1. The number of nitrogens with zero attached hydrogens (tertiary/aromatic N) is 1. The zero-order valence-corrected chi connectivity index (χ0v) is 13.5. The second kappa shape index (κ2) is 6.64. The second-order valence-corrected chi connectivity index (χ2v) is 7.27. The number of hydrazine groups is 1. The first kappa shape index (κ1) is 16.7. The Morgan fingerprint density at radius 2 is 2.18 bits per heavy atom. The van der Waals surface area contributed by atoms with E-state index in [2.05, 4.69) is 5.43 Å². The van der Waals surface area contributed by atoms with Crippen LogP contribution in [0.3, 0.4) is 0 Å². The lowest BCUT2D eigenvalue weighted by Crippen LogP contribution is -2.46. The number of ether oxygens (including phenoxy) is 1. The summed E-state index contributed by atoms with van der Waals surface area (Å²) in [5.41, 5.74) is 2.92. The van der Waals surface area contributed by atoms with Crippen molar-refractivity contribution in [2.75, 3.05) is 20.2 Å². The average Bonchev–Trinajstić information content (AvgIpc) is 2.54. The predicted octanol–water partition coefficient (Wildman–Crippen LogP) is 0.394. The zero-order valence-electron chi connectivity index (χ0n) is 12.7. The van der Waals surface area contributed by atoms with Crippen LogP contribution in [-0.4, -0.2) is 38.8 Å².